The van der Waals surface area contributed by atoms with Gasteiger partial charge in [-0.25, -0.2) is 4.39 Å². The van der Waals surface area contributed by atoms with Crippen molar-refractivity contribution in [3.05, 3.63) is 71.5 Å². The largest absolute Gasteiger partial charge is 0.469 e. The smallest absolute Gasteiger partial charge is 0.307 e. The molecule has 0 heterocycles. The first-order chi connectivity index (χ1) is 13.0. The summed E-state index contributed by atoms with van der Waals surface area (Å²) in [6.45, 7) is 0. The highest BCUT2D eigenvalue weighted by molar-refractivity contribution is 8.00. The van der Waals surface area contributed by atoms with Crippen LogP contribution in [0, 0.1) is 5.82 Å². The zero-order valence-electron chi connectivity index (χ0n) is 14.8. The van der Waals surface area contributed by atoms with E-state index < -0.39 is 17.8 Å². The number of hydrogen-bond acceptors (Lipinski definition) is 5. The van der Waals surface area contributed by atoms with Crippen LogP contribution >= 0.6 is 11.8 Å². The molecule has 0 aliphatic rings. The van der Waals surface area contributed by atoms with Crippen LogP contribution in [-0.2, 0) is 14.3 Å². The van der Waals surface area contributed by atoms with Crippen molar-refractivity contribution in [1.82, 2.24) is 5.32 Å². The second-order valence-electron chi connectivity index (χ2n) is 5.73. The summed E-state index contributed by atoms with van der Waals surface area (Å²) in [6, 6.07) is 13.8. The van der Waals surface area contributed by atoms with E-state index in [2.05, 4.69) is 10.1 Å². The Morgan fingerprint density at radius 3 is 2.33 bits per heavy atom. The summed E-state index contributed by atoms with van der Waals surface area (Å²) in [5.41, 5.74) is 1.20. The first-order valence-electron chi connectivity index (χ1n) is 8.27. The van der Waals surface area contributed by atoms with Crippen LogP contribution in [0.3, 0.4) is 0 Å². The lowest BCUT2D eigenvalue weighted by Crippen LogP contribution is -2.32. The molecule has 0 aliphatic heterocycles. The van der Waals surface area contributed by atoms with E-state index >= 15 is 0 Å². The van der Waals surface area contributed by atoms with Gasteiger partial charge in [-0.1, -0.05) is 42.5 Å². The number of carbonyl (C=O) groups is 3. The van der Waals surface area contributed by atoms with Crippen molar-refractivity contribution < 1.29 is 23.5 Å². The van der Waals surface area contributed by atoms with E-state index in [1.807, 2.05) is 6.07 Å². The Morgan fingerprint density at radius 1 is 1.04 bits per heavy atom. The third-order valence-electron chi connectivity index (χ3n) is 3.77. The second kappa shape index (κ2) is 10.5. The van der Waals surface area contributed by atoms with Crippen molar-refractivity contribution in [2.24, 2.45) is 0 Å². The van der Waals surface area contributed by atoms with Crippen LogP contribution in [0.15, 0.2) is 54.6 Å². The summed E-state index contributed by atoms with van der Waals surface area (Å²) >= 11 is 1.19. The molecular formula is C20H20FNO4S. The molecule has 0 unspecified atom stereocenters. The van der Waals surface area contributed by atoms with Crippen molar-refractivity contribution >= 4 is 29.4 Å². The third-order valence-corrected chi connectivity index (χ3v) is 4.70. The highest BCUT2D eigenvalue weighted by Gasteiger charge is 2.19. The SMILES string of the molecule is COC(=O)C[C@@H](NC(=O)CSCC(=O)c1ccccc1)c1ccc(F)cc1. The molecule has 0 bridgehead atoms. The molecule has 5 nitrogen and oxygen atoms in total. The van der Waals surface area contributed by atoms with Crippen LogP contribution in [0.25, 0.3) is 0 Å². The van der Waals surface area contributed by atoms with Gasteiger partial charge >= 0.3 is 5.97 Å². The quantitative estimate of drug-likeness (QED) is 0.527. The predicted molar refractivity (Wildman–Crippen MR) is 102 cm³/mol. The lowest BCUT2D eigenvalue weighted by molar-refractivity contribution is -0.141. The van der Waals surface area contributed by atoms with Crippen LogP contribution in [0.1, 0.15) is 28.4 Å². The molecule has 0 spiro atoms. The highest BCUT2D eigenvalue weighted by atomic mass is 32.2. The summed E-state index contributed by atoms with van der Waals surface area (Å²) in [5, 5.41) is 2.74. The molecule has 2 rings (SSSR count). The number of ketones is 1. The molecule has 0 aromatic heterocycles. The molecule has 0 saturated heterocycles. The number of carbonyl (C=O) groups excluding carboxylic acids is 3. The molecule has 0 aliphatic carbocycles. The molecule has 2 aromatic carbocycles. The fourth-order valence-electron chi connectivity index (χ4n) is 2.38. The molecule has 0 radical (unpaired) electrons. The lowest BCUT2D eigenvalue weighted by atomic mass is 10.0. The van der Waals surface area contributed by atoms with E-state index in [9.17, 15) is 18.8 Å². The van der Waals surface area contributed by atoms with E-state index in [1.54, 1.807) is 24.3 Å². The maximum atomic E-state index is 13.1. The monoisotopic (exact) mass is 389 g/mol. The summed E-state index contributed by atoms with van der Waals surface area (Å²) < 4.78 is 17.8. The van der Waals surface area contributed by atoms with Crippen molar-refractivity contribution in [1.29, 1.82) is 0 Å². The molecule has 1 N–H and O–H groups in total. The number of thioether (sulfide) groups is 1. The van der Waals surface area contributed by atoms with Gasteiger partial charge in [0.15, 0.2) is 5.78 Å². The van der Waals surface area contributed by atoms with Crippen LogP contribution in [0.2, 0.25) is 0 Å². The number of hydrogen-bond donors (Lipinski definition) is 1. The lowest BCUT2D eigenvalue weighted by Gasteiger charge is -2.18. The standard InChI is InChI=1S/C20H20FNO4S/c1-26-20(25)11-17(14-7-9-16(21)10-8-14)22-19(24)13-27-12-18(23)15-5-3-2-4-6-15/h2-10,17H,11-13H2,1H3,(H,22,24)/t17-/m1/s1. The van der Waals surface area contributed by atoms with Crippen molar-refractivity contribution in [2.75, 3.05) is 18.6 Å². The Morgan fingerprint density at radius 2 is 1.70 bits per heavy atom. The van der Waals surface area contributed by atoms with E-state index in [0.29, 0.717) is 11.1 Å². The Kier molecular flexibility index (Phi) is 8.00. The van der Waals surface area contributed by atoms with Gasteiger partial charge in [-0.2, -0.15) is 0 Å². The van der Waals surface area contributed by atoms with Gasteiger partial charge in [0.1, 0.15) is 5.82 Å². The first kappa shape index (κ1) is 20.6. The molecule has 0 fully saturated rings. The van der Waals surface area contributed by atoms with E-state index in [4.69, 9.17) is 0 Å². The number of rotatable bonds is 9. The minimum atomic E-state index is -0.629. The number of methoxy groups -OCH3 is 1. The summed E-state index contributed by atoms with van der Waals surface area (Å²) in [4.78, 5) is 35.9. The molecular weight excluding hydrogens is 369 g/mol. The minimum absolute atomic E-state index is 0.0574. The fraction of sp³-hybridized carbons (Fsp3) is 0.250. The molecule has 7 heteroatoms. The summed E-state index contributed by atoms with van der Waals surface area (Å²) in [6.07, 6.45) is -0.0680. The Bertz CT molecular complexity index is 780. The zero-order valence-corrected chi connectivity index (χ0v) is 15.6. The number of esters is 1. The molecule has 1 atom stereocenters. The fourth-order valence-corrected chi connectivity index (χ4v) is 3.10. The van der Waals surface area contributed by atoms with Gasteiger partial charge in [-0.3, -0.25) is 14.4 Å². The Balaban J connectivity index is 1.90. The van der Waals surface area contributed by atoms with Gasteiger partial charge in [0.25, 0.3) is 0 Å². The average molecular weight is 389 g/mol. The van der Waals surface area contributed by atoms with Gasteiger partial charge < -0.3 is 10.1 Å². The number of nitrogens with one attached hydrogen (secondary N) is 1. The van der Waals surface area contributed by atoms with Gasteiger partial charge in [0, 0.05) is 5.56 Å². The molecule has 27 heavy (non-hydrogen) atoms. The van der Waals surface area contributed by atoms with Crippen molar-refractivity contribution in [3.63, 3.8) is 0 Å². The average Bonchev–Trinajstić information content (AvgIpc) is 2.68. The Labute approximate surface area is 161 Å². The topological polar surface area (TPSA) is 72.5 Å². The van der Waals surface area contributed by atoms with E-state index in [0.717, 1.165) is 0 Å². The third kappa shape index (κ3) is 6.86. The molecule has 142 valence electrons. The zero-order chi connectivity index (χ0) is 19.6. The Hall–Kier alpha value is -2.67. The maximum Gasteiger partial charge on any atom is 0.307 e. The van der Waals surface area contributed by atoms with Crippen molar-refractivity contribution in [2.45, 2.75) is 12.5 Å². The molecule has 1 amide bonds. The van der Waals surface area contributed by atoms with Crippen LogP contribution in [0.4, 0.5) is 4.39 Å². The maximum absolute atomic E-state index is 13.1. The van der Waals surface area contributed by atoms with E-state index in [1.165, 1.54) is 43.1 Å². The van der Waals surface area contributed by atoms with Crippen LogP contribution in [-0.4, -0.2) is 36.3 Å². The predicted octanol–water partition coefficient (Wildman–Crippen LogP) is 3.16. The van der Waals surface area contributed by atoms with Crippen molar-refractivity contribution in [3.8, 4) is 0 Å². The molecule has 0 saturated carbocycles. The van der Waals surface area contributed by atoms with Gasteiger partial charge in [0.2, 0.25) is 5.91 Å². The molecule has 2 aromatic rings. The second-order valence-corrected chi connectivity index (χ2v) is 6.72. The first-order valence-corrected chi connectivity index (χ1v) is 9.42. The number of benzene rings is 2. The summed E-state index contributed by atoms with van der Waals surface area (Å²) in [7, 11) is 1.26. The van der Waals surface area contributed by atoms with Gasteiger partial charge in [0.05, 0.1) is 31.1 Å². The summed E-state index contributed by atoms with van der Waals surface area (Å²) in [5.74, 6) is -1.03. The highest BCUT2D eigenvalue weighted by Crippen LogP contribution is 2.18. The minimum Gasteiger partial charge on any atom is -0.469 e. The number of Topliss-reactive ketones (excluding diaryl/α,β-unsaturated/α-hetero) is 1. The van der Waals surface area contributed by atoms with Crippen LogP contribution < -0.4 is 5.32 Å². The van der Waals surface area contributed by atoms with Gasteiger partial charge in [-0.05, 0) is 17.7 Å². The number of halogens is 1. The number of ether oxygens (including phenoxy) is 1. The van der Waals surface area contributed by atoms with E-state index in [-0.39, 0.29) is 29.6 Å². The van der Waals surface area contributed by atoms with Crippen LogP contribution in [0.5, 0.6) is 0 Å². The normalized spacial score (nSPS) is 11.5. The number of amides is 1. The van der Waals surface area contributed by atoms with Gasteiger partial charge in [-0.15, -0.1) is 11.8 Å².